The van der Waals surface area contributed by atoms with Crippen molar-refractivity contribution in [2.75, 3.05) is 38.6 Å². The Morgan fingerprint density at radius 1 is 1.05 bits per heavy atom. The van der Waals surface area contributed by atoms with Crippen LogP contribution >= 0.6 is 0 Å². The van der Waals surface area contributed by atoms with Gasteiger partial charge in [0.05, 0.1) is 47.3 Å². The fourth-order valence-electron chi connectivity index (χ4n) is 4.74. The molecule has 0 unspecified atom stereocenters. The SMILES string of the molecule is COc1ccc(S(=O)(=O)Nc2cccc3c2O[C@@H](CN(C)S(=O)(=O)c2ccc(C)cc2)[C@H](C)CN([C@H](C)CO)C3=O)cc1. The molecule has 3 aromatic rings. The second-order valence-corrected chi connectivity index (χ2v) is 14.4. The molecule has 1 aliphatic rings. The molecule has 0 saturated heterocycles. The van der Waals surface area contributed by atoms with E-state index >= 15 is 0 Å². The van der Waals surface area contributed by atoms with Gasteiger partial charge in [-0.15, -0.1) is 0 Å². The number of likely N-dealkylation sites (N-methyl/N-ethyl adjacent to an activating group) is 1. The van der Waals surface area contributed by atoms with Crippen LogP contribution in [0.5, 0.6) is 11.5 Å². The fourth-order valence-corrected chi connectivity index (χ4v) is 6.99. The van der Waals surface area contributed by atoms with Gasteiger partial charge in [0.2, 0.25) is 10.0 Å². The number of hydrogen-bond donors (Lipinski definition) is 2. The molecule has 0 aliphatic carbocycles. The van der Waals surface area contributed by atoms with E-state index in [1.165, 1.54) is 78.0 Å². The van der Waals surface area contributed by atoms with Gasteiger partial charge >= 0.3 is 0 Å². The van der Waals surface area contributed by atoms with Gasteiger partial charge in [-0.05, 0) is 62.4 Å². The number of aliphatic hydroxyl groups excluding tert-OH is 1. The van der Waals surface area contributed by atoms with Crippen LogP contribution in [0, 0.1) is 12.8 Å². The lowest BCUT2D eigenvalue weighted by Crippen LogP contribution is -2.50. The Morgan fingerprint density at radius 2 is 1.67 bits per heavy atom. The lowest BCUT2D eigenvalue weighted by molar-refractivity contribution is 0.0389. The Labute approximate surface area is 253 Å². The van der Waals surface area contributed by atoms with Crippen molar-refractivity contribution in [1.29, 1.82) is 0 Å². The molecule has 0 spiro atoms. The van der Waals surface area contributed by atoms with Crippen molar-refractivity contribution in [2.24, 2.45) is 5.92 Å². The van der Waals surface area contributed by atoms with E-state index in [2.05, 4.69) is 4.72 Å². The number of aryl methyl sites for hydroxylation is 1. The molecule has 4 rings (SSSR count). The Kier molecular flexibility index (Phi) is 9.70. The Bertz CT molecular complexity index is 1660. The number of benzene rings is 3. The molecule has 0 radical (unpaired) electrons. The third-order valence-corrected chi connectivity index (χ3v) is 10.7. The minimum Gasteiger partial charge on any atom is -0.497 e. The molecule has 11 nitrogen and oxygen atoms in total. The van der Waals surface area contributed by atoms with Crippen molar-refractivity contribution in [2.45, 2.75) is 42.7 Å². The van der Waals surface area contributed by atoms with Crippen LogP contribution in [0.25, 0.3) is 0 Å². The molecule has 43 heavy (non-hydrogen) atoms. The summed E-state index contributed by atoms with van der Waals surface area (Å²) >= 11 is 0. The van der Waals surface area contributed by atoms with Gasteiger partial charge in [0, 0.05) is 19.5 Å². The molecule has 3 aromatic carbocycles. The number of ether oxygens (including phenoxy) is 2. The van der Waals surface area contributed by atoms with Crippen molar-refractivity contribution >= 4 is 31.6 Å². The second-order valence-electron chi connectivity index (χ2n) is 10.7. The first-order valence-corrected chi connectivity index (χ1v) is 16.6. The number of para-hydroxylation sites is 1. The number of carbonyl (C=O) groups excluding carboxylic acids is 1. The standard InChI is InChI=1S/C30H37N3O8S2/c1-20-9-13-25(14-10-20)43(38,39)32(4)18-28-21(2)17-33(22(3)19-34)30(35)26-7-6-8-27(29(26)41-28)31-42(36,37)24-15-11-23(40-5)12-16-24/h6-16,21-22,28,31,34H,17-19H2,1-5H3/t21-,22-,28+/m1/s1. The van der Waals surface area contributed by atoms with Gasteiger partial charge in [0.1, 0.15) is 11.9 Å². The number of nitrogens with zero attached hydrogens (tertiary/aromatic N) is 2. The smallest absolute Gasteiger partial charge is 0.262 e. The highest BCUT2D eigenvalue weighted by molar-refractivity contribution is 7.92. The van der Waals surface area contributed by atoms with Crippen molar-refractivity contribution < 1.29 is 36.2 Å². The molecule has 1 amide bonds. The predicted molar refractivity (Wildman–Crippen MR) is 162 cm³/mol. The summed E-state index contributed by atoms with van der Waals surface area (Å²) in [6.07, 6.45) is -0.794. The number of rotatable bonds is 10. The zero-order valence-electron chi connectivity index (χ0n) is 24.7. The van der Waals surface area contributed by atoms with E-state index < -0.39 is 44.0 Å². The molecule has 232 valence electrons. The summed E-state index contributed by atoms with van der Waals surface area (Å²) in [5.41, 5.74) is 1.01. The maximum Gasteiger partial charge on any atom is 0.262 e. The number of amides is 1. The number of anilines is 1. The highest BCUT2D eigenvalue weighted by Crippen LogP contribution is 2.36. The number of carbonyl (C=O) groups is 1. The zero-order valence-corrected chi connectivity index (χ0v) is 26.4. The number of methoxy groups -OCH3 is 1. The number of hydrogen-bond acceptors (Lipinski definition) is 8. The van der Waals surface area contributed by atoms with Crippen molar-refractivity contribution in [1.82, 2.24) is 9.21 Å². The summed E-state index contributed by atoms with van der Waals surface area (Å²) in [5, 5.41) is 9.92. The number of fused-ring (bicyclic) bond motifs is 1. The highest BCUT2D eigenvalue weighted by atomic mass is 32.2. The molecule has 13 heteroatoms. The maximum atomic E-state index is 13.7. The molecule has 0 aromatic heterocycles. The van der Waals surface area contributed by atoms with Crippen LogP contribution < -0.4 is 14.2 Å². The Morgan fingerprint density at radius 3 is 2.28 bits per heavy atom. The van der Waals surface area contributed by atoms with Gasteiger partial charge in [-0.3, -0.25) is 9.52 Å². The minimum absolute atomic E-state index is 0.0152. The van der Waals surface area contributed by atoms with Crippen molar-refractivity contribution in [3.8, 4) is 11.5 Å². The Balaban J connectivity index is 1.75. The third kappa shape index (κ3) is 6.96. The molecule has 1 heterocycles. The van der Waals surface area contributed by atoms with E-state index in [9.17, 15) is 26.7 Å². The van der Waals surface area contributed by atoms with Crippen LogP contribution in [0.15, 0.2) is 76.5 Å². The highest BCUT2D eigenvalue weighted by Gasteiger charge is 2.36. The van der Waals surface area contributed by atoms with E-state index in [1.54, 1.807) is 19.1 Å². The molecule has 0 bridgehead atoms. The van der Waals surface area contributed by atoms with E-state index in [0.29, 0.717) is 5.75 Å². The van der Waals surface area contributed by atoms with Crippen LogP contribution in [0.3, 0.4) is 0 Å². The average Bonchev–Trinajstić information content (AvgIpc) is 2.98. The summed E-state index contributed by atoms with van der Waals surface area (Å²) < 4.78 is 68.8. The first-order valence-electron chi connectivity index (χ1n) is 13.7. The normalized spacial score (nSPS) is 18.3. The van der Waals surface area contributed by atoms with Gasteiger partial charge in [0.15, 0.2) is 5.75 Å². The fraction of sp³-hybridized carbons (Fsp3) is 0.367. The Hall–Kier alpha value is -3.65. The average molecular weight is 632 g/mol. The van der Waals surface area contributed by atoms with Gasteiger partial charge < -0.3 is 19.5 Å². The first kappa shape index (κ1) is 32.3. The van der Waals surface area contributed by atoms with Gasteiger partial charge in [-0.2, -0.15) is 4.31 Å². The second kappa shape index (κ2) is 12.9. The predicted octanol–water partition coefficient (Wildman–Crippen LogP) is 3.35. The minimum atomic E-state index is -4.12. The first-order chi connectivity index (χ1) is 20.3. The summed E-state index contributed by atoms with van der Waals surface area (Å²) in [5.74, 6) is -0.407. The topological polar surface area (TPSA) is 143 Å². The van der Waals surface area contributed by atoms with Crippen molar-refractivity contribution in [3.63, 3.8) is 0 Å². The summed E-state index contributed by atoms with van der Waals surface area (Å²) in [4.78, 5) is 15.3. The lowest BCUT2D eigenvalue weighted by Gasteiger charge is -2.38. The molecule has 0 saturated carbocycles. The quantitative estimate of drug-likeness (QED) is 0.347. The van der Waals surface area contributed by atoms with E-state index in [1.807, 2.05) is 13.8 Å². The van der Waals surface area contributed by atoms with Crippen LogP contribution in [-0.4, -0.2) is 83.1 Å². The largest absolute Gasteiger partial charge is 0.497 e. The summed E-state index contributed by atoms with van der Waals surface area (Å²) in [6.45, 7) is 5.16. The molecule has 2 N–H and O–H groups in total. The van der Waals surface area contributed by atoms with Crippen LogP contribution in [0.4, 0.5) is 5.69 Å². The van der Waals surface area contributed by atoms with Crippen LogP contribution in [0.2, 0.25) is 0 Å². The number of sulfonamides is 2. The van der Waals surface area contributed by atoms with Gasteiger partial charge in [-0.1, -0.05) is 30.7 Å². The summed E-state index contributed by atoms with van der Waals surface area (Å²) in [6, 6.07) is 16.3. The molecule has 1 aliphatic heterocycles. The zero-order chi connectivity index (χ0) is 31.5. The molecular weight excluding hydrogens is 594 g/mol. The number of aliphatic hydroxyl groups is 1. The monoisotopic (exact) mass is 631 g/mol. The van der Waals surface area contributed by atoms with E-state index in [0.717, 1.165) is 5.56 Å². The van der Waals surface area contributed by atoms with Gasteiger partial charge in [-0.25, -0.2) is 16.8 Å². The van der Waals surface area contributed by atoms with Crippen LogP contribution in [0.1, 0.15) is 29.8 Å². The molecular formula is C30H37N3O8S2. The number of nitrogens with one attached hydrogen (secondary N) is 1. The molecule has 3 atom stereocenters. The van der Waals surface area contributed by atoms with Crippen LogP contribution in [-0.2, 0) is 20.0 Å². The lowest BCUT2D eigenvalue weighted by atomic mass is 9.99. The molecule has 0 fully saturated rings. The van der Waals surface area contributed by atoms with E-state index in [-0.39, 0.29) is 46.5 Å². The van der Waals surface area contributed by atoms with Crippen molar-refractivity contribution in [3.05, 3.63) is 77.9 Å². The summed E-state index contributed by atoms with van der Waals surface area (Å²) in [7, 11) is -5.09. The third-order valence-electron chi connectivity index (χ3n) is 7.47. The maximum absolute atomic E-state index is 13.7. The van der Waals surface area contributed by atoms with E-state index in [4.69, 9.17) is 9.47 Å². The van der Waals surface area contributed by atoms with Gasteiger partial charge in [0.25, 0.3) is 15.9 Å².